The van der Waals surface area contributed by atoms with Crippen molar-refractivity contribution in [2.24, 2.45) is 0 Å². The zero-order valence-electron chi connectivity index (χ0n) is 10.4. The summed E-state index contributed by atoms with van der Waals surface area (Å²) in [6, 6.07) is -2.30. The molecule has 0 aromatic heterocycles. The van der Waals surface area contributed by atoms with Gasteiger partial charge >= 0.3 is 20.8 Å². The molecule has 16 heteroatoms. The number of hydrogen-bond acceptors (Lipinski definition) is 12. The van der Waals surface area contributed by atoms with Gasteiger partial charge in [-0.2, -0.15) is 26.6 Å². The van der Waals surface area contributed by atoms with Gasteiger partial charge in [0, 0.05) is 0 Å². The minimum atomic E-state index is -5.50. The molecule has 7 N–H and O–H groups in total. The Morgan fingerprint density at radius 3 is 1.95 bits per heavy atom. The van der Waals surface area contributed by atoms with E-state index in [1.54, 1.807) is 0 Å². The number of carbonyl (C=O) groups is 1. The highest BCUT2D eigenvalue weighted by molar-refractivity contribution is 7.81. The highest BCUT2D eigenvalue weighted by atomic mass is 32.3. The predicted molar refractivity (Wildman–Crippen MR) is 62.3 cm³/mol. The van der Waals surface area contributed by atoms with Crippen LogP contribution in [0.4, 0.5) is 0 Å². The molecule has 0 bridgehead atoms. The Morgan fingerprint density at radius 1 is 1.14 bits per heavy atom. The first kappa shape index (κ1) is 21.2. The van der Waals surface area contributed by atoms with Crippen LogP contribution < -0.4 is 5.48 Å². The first-order valence-electron chi connectivity index (χ1n) is 5.01. The van der Waals surface area contributed by atoms with E-state index in [4.69, 9.17) is 14.2 Å². The Labute approximate surface area is 123 Å². The highest BCUT2D eigenvalue weighted by Gasteiger charge is 2.51. The molecule has 0 radical (unpaired) electrons. The van der Waals surface area contributed by atoms with Crippen LogP contribution in [0, 0.1) is 0 Å². The van der Waals surface area contributed by atoms with Gasteiger partial charge in [-0.1, -0.05) is 0 Å². The molecule has 0 spiro atoms. The Kier molecular flexibility index (Phi) is 7.38. The molecule has 0 fully saturated rings. The molecule has 0 aliphatic rings. The first-order valence-corrected chi connectivity index (χ1v) is 7.74. The fourth-order valence-corrected chi connectivity index (χ4v) is 1.92. The topological polar surface area (TPSA) is 237 Å². The van der Waals surface area contributed by atoms with Gasteiger partial charge in [-0.3, -0.25) is 9.11 Å². The Hall–Kier alpha value is -0.790. The fraction of sp³-hybridized carbons (Fsp3) is 0.833. The lowest BCUT2D eigenvalue weighted by atomic mass is 9.98. The zero-order valence-corrected chi connectivity index (χ0v) is 12.0. The smallest absolute Gasteiger partial charge is 0.393 e. The Morgan fingerprint density at radius 2 is 1.64 bits per heavy atom. The summed E-state index contributed by atoms with van der Waals surface area (Å²) in [4.78, 5) is 10.7. The average Bonchev–Trinajstić information content (AvgIpc) is 2.34. The predicted octanol–water partition coefficient (Wildman–Crippen LogP) is -4.90. The van der Waals surface area contributed by atoms with Crippen LogP contribution in [0.3, 0.4) is 0 Å². The molecular weight excluding hydrogens is 358 g/mol. The second kappa shape index (κ2) is 7.66. The molecule has 22 heavy (non-hydrogen) atoms. The van der Waals surface area contributed by atoms with Crippen molar-refractivity contribution in [1.29, 1.82) is 0 Å². The van der Waals surface area contributed by atoms with Gasteiger partial charge in [0.2, 0.25) is 5.79 Å². The lowest BCUT2D eigenvalue weighted by Crippen LogP contribution is -2.63. The highest BCUT2D eigenvalue weighted by Crippen LogP contribution is 2.22. The van der Waals surface area contributed by atoms with Crippen LogP contribution in [0.5, 0.6) is 0 Å². The summed E-state index contributed by atoms with van der Waals surface area (Å²) in [6.07, 6.45) is -5.70. The number of aldehydes is 1. The first-order chi connectivity index (χ1) is 9.77. The van der Waals surface area contributed by atoms with E-state index in [1.807, 2.05) is 0 Å². The van der Waals surface area contributed by atoms with Crippen molar-refractivity contribution >= 4 is 27.1 Å². The number of hydrogen-bond donors (Lipinski definition) is 7. The third kappa shape index (κ3) is 6.54. The van der Waals surface area contributed by atoms with Crippen LogP contribution in [0.1, 0.15) is 0 Å². The molecule has 0 saturated heterocycles. The molecule has 0 aromatic carbocycles. The van der Waals surface area contributed by atoms with Crippen LogP contribution in [0.2, 0.25) is 0 Å². The van der Waals surface area contributed by atoms with Crippen LogP contribution in [0.25, 0.3) is 0 Å². The maximum absolute atomic E-state index is 10.7. The molecule has 0 aliphatic carbocycles. The molecule has 0 amide bonds. The standard InChI is InChI=1S/C6H13NO13S2/c8-1-3(7-20-22(16,17)18)5(11)6(12,4(10)2-9)19-21(13,14)15/h1,3-5,7,9-12H,2H2,(H,13,14,15)(H,16,17,18)/t3-,4+,5+,6-/m0/s1. The van der Waals surface area contributed by atoms with E-state index in [0.717, 1.165) is 0 Å². The van der Waals surface area contributed by atoms with Gasteiger partial charge in [0.15, 0.2) is 0 Å². The molecule has 14 nitrogen and oxygen atoms in total. The van der Waals surface area contributed by atoms with Crippen molar-refractivity contribution in [3.63, 3.8) is 0 Å². The van der Waals surface area contributed by atoms with Crippen molar-refractivity contribution in [3.05, 3.63) is 0 Å². The summed E-state index contributed by atoms with van der Waals surface area (Å²) in [5, 5.41) is 37.3. The van der Waals surface area contributed by atoms with Gasteiger partial charge in [-0.05, 0) is 0 Å². The second-order valence-electron chi connectivity index (χ2n) is 3.70. The van der Waals surface area contributed by atoms with E-state index in [0.29, 0.717) is 0 Å². The maximum Gasteiger partial charge on any atom is 0.413 e. The van der Waals surface area contributed by atoms with Crippen molar-refractivity contribution in [1.82, 2.24) is 5.48 Å². The van der Waals surface area contributed by atoms with Gasteiger partial charge in [-0.15, -0.1) is 0 Å². The minimum absolute atomic E-state index is 0.335. The lowest BCUT2D eigenvalue weighted by Gasteiger charge is -2.35. The van der Waals surface area contributed by atoms with Gasteiger partial charge < -0.3 is 25.2 Å². The third-order valence-electron chi connectivity index (χ3n) is 2.09. The monoisotopic (exact) mass is 371 g/mol. The number of carbonyl (C=O) groups excluding carboxylic acids is 1. The van der Waals surface area contributed by atoms with Crippen molar-refractivity contribution in [3.8, 4) is 0 Å². The number of rotatable bonds is 10. The number of hydroxylamine groups is 1. The lowest BCUT2D eigenvalue weighted by molar-refractivity contribution is -0.269. The Bertz CT molecular complexity index is 571. The van der Waals surface area contributed by atoms with Crippen LogP contribution in [0.15, 0.2) is 0 Å². The molecule has 0 aliphatic heterocycles. The molecular formula is C6H13NO13S2. The van der Waals surface area contributed by atoms with E-state index in [9.17, 15) is 36.9 Å². The zero-order chi connectivity index (χ0) is 17.8. The number of aliphatic hydroxyl groups is 4. The molecule has 0 heterocycles. The third-order valence-corrected chi connectivity index (χ3v) is 2.87. The van der Waals surface area contributed by atoms with Crippen LogP contribution in [-0.2, 0) is 34.1 Å². The van der Waals surface area contributed by atoms with Crippen LogP contribution in [-0.4, -0.2) is 83.3 Å². The van der Waals surface area contributed by atoms with E-state index >= 15 is 0 Å². The minimum Gasteiger partial charge on any atom is -0.393 e. The summed E-state index contributed by atoms with van der Waals surface area (Å²) in [5.74, 6) is -3.68. The summed E-state index contributed by atoms with van der Waals surface area (Å²) in [7, 11) is -10.7. The van der Waals surface area contributed by atoms with Crippen molar-refractivity contribution < 1.29 is 59.6 Å². The number of nitrogens with one attached hydrogen (secondary N) is 1. The summed E-state index contributed by atoms with van der Waals surface area (Å²) in [6.45, 7) is -1.41. The molecule has 4 atom stereocenters. The Balaban J connectivity index is 5.48. The summed E-state index contributed by atoms with van der Waals surface area (Å²) in [5.41, 5.74) is 1.21. The van der Waals surface area contributed by atoms with E-state index in [-0.39, 0.29) is 6.29 Å². The maximum atomic E-state index is 10.7. The molecule has 0 rings (SSSR count). The summed E-state index contributed by atoms with van der Waals surface area (Å²) >= 11 is 0. The fourth-order valence-electron chi connectivity index (χ4n) is 1.14. The average molecular weight is 371 g/mol. The van der Waals surface area contributed by atoms with Gasteiger partial charge in [0.25, 0.3) is 0 Å². The van der Waals surface area contributed by atoms with Gasteiger partial charge in [-0.25, -0.2) is 4.18 Å². The molecule has 0 unspecified atom stereocenters. The van der Waals surface area contributed by atoms with Gasteiger partial charge in [0.05, 0.1) is 6.61 Å². The van der Waals surface area contributed by atoms with Crippen molar-refractivity contribution in [2.75, 3.05) is 6.61 Å². The molecule has 0 aromatic rings. The molecule has 0 saturated carbocycles. The van der Waals surface area contributed by atoms with Gasteiger partial charge in [0.1, 0.15) is 24.5 Å². The van der Waals surface area contributed by atoms with Crippen molar-refractivity contribution in [2.45, 2.75) is 24.0 Å². The number of aliphatic hydroxyl groups excluding tert-OH is 3. The largest absolute Gasteiger partial charge is 0.413 e. The summed E-state index contributed by atoms with van der Waals surface area (Å²) < 4.78 is 65.6. The quantitative estimate of drug-likeness (QED) is 0.0824. The van der Waals surface area contributed by atoms with Crippen LogP contribution >= 0.6 is 0 Å². The van der Waals surface area contributed by atoms with E-state index < -0.39 is 51.4 Å². The normalized spacial score (nSPS) is 19.9. The molecule has 132 valence electrons. The second-order valence-corrected chi connectivity index (χ2v) is 5.74. The van der Waals surface area contributed by atoms with E-state index in [1.165, 1.54) is 5.48 Å². The SMILES string of the molecule is O=C[C@H](NOS(=O)(=O)O)[C@@H](O)[C@@](O)(OS(=O)(=O)O)[C@H](O)CO. The van der Waals surface area contributed by atoms with E-state index in [2.05, 4.69) is 8.47 Å².